The number of thiazole rings is 1. The lowest BCUT2D eigenvalue weighted by Crippen LogP contribution is -2.37. The number of fused-ring (bicyclic) bond motifs is 1. The minimum Gasteiger partial charge on any atom is -0.390 e. The number of aliphatic hydroxyl groups excluding tert-OH is 2. The Bertz CT molecular complexity index is 494. The monoisotopic (exact) mass is 251 g/mol. The van der Waals surface area contributed by atoms with Crippen LogP contribution in [0.2, 0.25) is 0 Å². The SMILES string of the molecule is O[C@@H]1CO[C@@H](c2nc3ccccc3s2)C[C@@H]1O. The van der Waals surface area contributed by atoms with Gasteiger partial charge in [-0.05, 0) is 12.1 Å². The largest absolute Gasteiger partial charge is 0.390 e. The van der Waals surface area contributed by atoms with Gasteiger partial charge in [-0.1, -0.05) is 12.1 Å². The van der Waals surface area contributed by atoms with Gasteiger partial charge in [0.25, 0.3) is 0 Å². The Hall–Kier alpha value is -1.01. The summed E-state index contributed by atoms with van der Waals surface area (Å²) in [5, 5.41) is 19.9. The van der Waals surface area contributed by atoms with Crippen LogP contribution in [0.1, 0.15) is 17.5 Å². The molecule has 17 heavy (non-hydrogen) atoms. The van der Waals surface area contributed by atoms with Gasteiger partial charge in [0.1, 0.15) is 17.2 Å². The average Bonchev–Trinajstić information content (AvgIpc) is 2.76. The summed E-state index contributed by atoms with van der Waals surface area (Å²) in [5.41, 5.74) is 0.955. The molecule has 4 nitrogen and oxygen atoms in total. The minimum absolute atomic E-state index is 0.168. The molecule has 0 saturated carbocycles. The van der Waals surface area contributed by atoms with Crippen LogP contribution in [0.25, 0.3) is 10.2 Å². The second-order valence-electron chi connectivity index (χ2n) is 4.21. The standard InChI is InChI=1S/C12H13NO3S/c14-8-5-10(16-6-9(8)15)12-13-7-3-1-2-4-11(7)17-12/h1-4,8-10,14-15H,5-6H2/t8-,9+,10+/m0/s1. The third kappa shape index (κ3) is 2.07. The van der Waals surface area contributed by atoms with Crippen molar-refractivity contribution < 1.29 is 14.9 Å². The molecule has 1 aliphatic heterocycles. The first kappa shape index (κ1) is 11.1. The van der Waals surface area contributed by atoms with Gasteiger partial charge in [-0.15, -0.1) is 11.3 Å². The van der Waals surface area contributed by atoms with Crippen LogP contribution in [0.5, 0.6) is 0 Å². The molecule has 1 aliphatic rings. The zero-order valence-corrected chi connectivity index (χ0v) is 9.93. The van der Waals surface area contributed by atoms with E-state index in [1.165, 1.54) is 0 Å². The van der Waals surface area contributed by atoms with E-state index in [-0.39, 0.29) is 12.7 Å². The van der Waals surface area contributed by atoms with Gasteiger partial charge in [-0.3, -0.25) is 0 Å². The van der Waals surface area contributed by atoms with E-state index in [4.69, 9.17) is 4.74 Å². The van der Waals surface area contributed by atoms with Crippen molar-refractivity contribution in [2.45, 2.75) is 24.7 Å². The summed E-state index contributed by atoms with van der Waals surface area (Å²) < 4.78 is 6.63. The number of ether oxygens (including phenoxy) is 1. The van der Waals surface area contributed by atoms with Crippen molar-refractivity contribution in [3.05, 3.63) is 29.3 Å². The normalized spacial score (nSPS) is 29.6. The number of aliphatic hydroxyl groups is 2. The highest BCUT2D eigenvalue weighted by molar-refractivity contribution is 7.18. The number of aromatic nitrogens is 1. The number of rotatable bonds is 1. The van der Waals surface area contributed by atoms with Crippen LogP contribution < -0.4 is 0 Å². The average molecular weight is 251 g/mol. The maximum Gasteiger partial charge on any atom is 0.123 e. The predicted molar refractivity (Wildman–Crippen MR) is 64.9 cm³/mol. The van der Waals surface area contributed by atoms with E-state index in [2.05, 4.69) is 4.98 Å². The third-order valence-corrected chi connectivity index (χ3v) is 4.08. The maximum absolute atomic E-state index is 9.63. The molecule has 0 bridgehead atoms. The summed E-state index contributed by atoms with van der Waals surface area (Å²) in [7, 11) is 0. The highest BCUT2D eigenvalue weighted by Gasteiger charge is 2.30. The number of benzene rings is 1. The van der Waals surface area contributed by atoms with Crippen LogP contribution in [-0.2, 0) is 4.74 Å². The molecule has 90 valence electrons. The summed E-state index contributed by atoms with van der Waals surface area (Å²) >= 11 is 1.58. The molecule has 0 aliphatic carbocycles. The van der Waals surface area contributed by atoms with E-state index >= 15 is 0 Å². The molecule has 0 amide bonds. The van der Waals surface area contributed by atoms with Crippen LogP contribution in [-0.4, -0.2) is 34.0 Å². The van der Waals surface area contributed by atoms with Crippen molar-refractivity contribution in [1.82, 2.24) is 4.98 Å². The van der Waals surface area contributed by atoms with Crippen molar-refractivity contribution in [3.63, 3.8) is 0 Å². The van der Waals surface area contributed by atoms with Crippen molar-refractivity contribution in [1.29, 1.82) is 0 Å². The van der Waals surface area contributed by atoms with Gasteiger partial charge in [0.15, 0.2) is 0 Å². The lowest BCUT2D eigenvalue weighted by Gasteiger charge is -2.29. The molecular formula is C12H13NO3S. The van der Waals surface area contributed by atoms with E-state index in [1.54, 1.807) is 11.3 Å². The topological polar surface area (TPSA) is 62.6 Å². The fourth-order valence-corrected chi connectivity index (χ4v) is 3.00. The maximum atomic E-state index is 9.63. The first-order chi connectivity index (χ1) is 8.24. The fraction of sp³-hybridized carbons (Fsp3) is 0.417. The molecule has 0 spiro atoms. The molecule has 1 aromatic carbocycles. The number of hydrogen-bond acceptors (Lipinski definition) is 5. The Labute approximate surface area is 102 Å². The second kappa shape index (κ2) is 4.34. The highest BCUT2D eigenvalue weighted by atomic mass is 32.1. The van der Waals surface area contributed by atoms with Crippen molar-refractivity contribution >= 4 is 21.6 Å². The Morgan fingerprint density at radius 3 is 2.82 bits per heavy atom. The van der Waals surface area contributed by atoms with Crippen LogP contribution >= 0.6 is 11.3 Å². The quantitative estimate of drug-likeness (QED) is 0.806. The molecule has 3 atom stereocenters. The van der Waals surface area contributed by atoms with Gasteiger partial charge in [-0.25, -0.2) is 4.98 Å². The molecular weight excluding hydrogens is 238 g/mol. The Morgan fingerprint density at radius 2 is 2.06 bits per heavy atom. The molecule has 1 aromatic heterocycles. The lowest BCUT2D eigenvalue weighted by molar-refractivity contribution is -0.122. The Kier molecular flexibility index (Phi) is 2.84. The minimum atomic E-state index is -0.777. The summed E-state index contributed by atoms with van der Waals surface area (Å²) in [4.78, 5) is 4.50. The smallest absolute Gasteiger partial charge is 0.123 e. The van der Waals surface area contributed by atoms with Crippen LogP contribution in [0.3, 0.4) is 0 Å². The zero-order chi connectivity index (χ0) is 11.8. The zero-order valence-electron chi connectivity index (χ0n) is 9.11. The van der Waals surface area contributed by atoms with Gasteiger partial charge >= 0.3 is 0 Å². The Balaban J connectivity index is 1.88. The lowest BCUT2D eigenvalue weighted by atomic mass is 10.0. The third-order valence-electron chi connectivity index (χ3n) is 2.95. The summed E-state index contributed by atoms with van der Waals surface area (Å²) in [6.07, 6.45) is -1.30. The van der Waals surface area contributed by atoms with Gasteiger partial charge in [-0.2, -0.15) is 0 Å². The fourth-order valence-electron chi connectivity index (χ4n) is 1.97. The number of para-hydroxylation sites is 1. The van der Waals surface area contributed by atoms with Crippen molar-refractivity contribution in [3.8, 4) is 0 Å². The summed E-state index contributed by atoms with van der Waals surface area (Å²) in [6.45, 7) is 0.168. The second-order valence-corrected chi connectivity index (χ2v) is 5.27. The molecule has 2 aromatic rings. The molecule has 0 unspecified atom stereocenters. The van der Waals surface area contributed by atoms with Crippen LogP contribution in [0.4, 0.5) is 0 Å². The highest BCUT2D eigenvalue weighted by Crippen LogP contribution is 2.33. The molecule has 2 N–H and O–H groups in total. The summed E-state index contributed by atoms with van der Waals surface area (Å²) in [6, 6.07) is 7.91. The first-order valence-electron chi connectivity index (χ1n) is 5.57. The Morgan fingerprint density at radius 1 is 1.24 bits per heavy atom. The summed E-state index contributed by atoms with van der Waals surface area (Å²) in [5.74, 6) is 0. The molecule has 3 rings (SSSR count). The molecule has 1 saturated heterocycles. The van der Waals surface area contributed by atoms with Crippen LogP contribution in [0, 0.1) is 0 Å². The predicted octanol–water partition coefficient (Wildman–Crippen LogP) is 1.48. The van der Waals surface area contributed by atoms with Gasteiger partial charge in [0.05, 0.1) is 22.9 Å². The van der Waals surface area contributed by atoms with Crippen molar-refractivity contribution in [2.24, 2.45) is 0 Å². The van der Waals surface area contributed by atoms with Gasteiger partial charge in [0.2, 0.25) is 0 Å². The molecule has 2 heterocycles. The number of hydrogen-bond donors (Lipinski definition) is 2. The molecule has 0 radical (unpaired) electrons. The van der Waals surface area contributed by atoms with E-state index in [0.29, 0.717) is 6.42 Å². The van der Waals surface area contributed by atoms with Gasteiger partial charge in [0, 0.05) is 6.42 Å². The first-order valence-corrected chi connectivity index (χ1v) is 6.39. The van der Waals surface area contributed by atoms with Crippen molar-refractivity contribution in [2.75, 3.05) is 6.61 Å². The van der Waals surface area contributed by atoms with E-state index in [0.717, 1.165) is 15.2 Å². The van der Waals surface area contributed by atoms with Crippen LogP contribution in [0.15, 0.2) is 24.3 Å². The molecule has 1 fully saturated rings. The number of nitrogens with zero attached hydrogens (tertiary/aromatic N) is 1. The van der Waals surface area contributed by atoms with E-state index < -0.39 is 12.2 Å². The molecule has 5 heteroatoms. The van der Waals surface area contributed by atoms with E-state index in [1.807, 2.05) is 24.3 Å². The van der Waals surface area contributed by atoms with E-state index in [9.17, 15) is 10.2 Å². The van der Waals surface area contributed by atoms with Gasteiger partial charge < -0.3 is 14.9 Å².